The summed E-state index contributed by atoms with van der Waals surface area (Å²) in [7, 11) is 0. The number of hydrogen-bond donors (Lipinski definition) is 2. The highest BCUT2D eigenvalue weighted by atomic mass is 16.6. The van der Waals surface area contributed by atoms with Crippen LogP contribution in [0.15, 0.2) is 17.5 Å². The number of carbonyl (C=O) groups excluding carboxylic acids is 1. The maximum Gasteiger partial charge on any atom is 0.260 e. The summed E-state index contributed by atoms with van der Waals surface area (Å²) in [6.07, 6.45) is 9.97. The first-order chi connectivity index (χ1) is 28.4. The van der Waals surface area contributed by atoms with E-state index < -0.39 is 0 Å². The fourth-order valence-electron chi connectivity index (χ4n) is 6.15. The Bertz CT molecular complexity index is 1470. The minimum Gasteiger partial charge on any atom is -0.499 e. The first-order valence-electron chi connectivity index (χ1n) is 20.7. The number of fused-ring (bicyclic) bond motifs is 1. The minimum atomic E-state index is -0.168. The number of imidazole rings is 1. The summed E-state index contributed by atoms with van der Waals surface area (Å²) in [5, 5.41) is 14.8. The van der Waals surface area contributed by atoms with Crippen molar-refractivity contribution in [1.82, 2.24) is 25.1 Å². The SMILES string of the molecule is CCCCc1nc2c(N)nnc(OC(C)C)c2n1C[C@H]1CC[C@H](CNC(=O)C=COCCOCCOCCOCCOCCOCCOCCOCCN=[N+]=[N-])CC1. The Kier molecular flexibility index (Phi) is 26.1. The first-order valence-corrected chi connectivity index (χ1v) is 20.7. The summed E-state index contributed by atoms with van der Waals surface area (Å²) < 4.78 is 51.7. The van der Waals surface area contributed by atoms with Gasteiger partial charge in [0.05, 0.1) is 105 Å². The Morgan fingerprint density at radius 3 is 1.91 bits per heavy atom. The van der Waals surface area contributed by atoms with Gasteiger partial charge in [0, 0.05) is 37.0 Å². The molecule has 0 radical (unpaired) electrons. The van der Waals surface area contributed by atoms with Gasteiger partial charge in [-0.25, -0.2) is 4.98 Å². The molecule has 2 heterocycles. The van der Waals surface area contributed by atoms with Crippen molar-refractivity contribution >= 4 is 22.8 Å². The quantitative estimate of drug-likeness (QED) is 0.0245. The van der Waals surface area contributed by atoms with Crippen molar-refractivity contribution in [3.05, 3.63) is 28.6 Å². The largest absolute Gasteiger partial charge is 0.499 e. The van der Waals surface area contributed by atoms with Gasteiger partial charge in [-0.1, -0.05) is 18.5 Å². The molecule has 19 heteroatoms. The number of nitrogens with two attached hydrogens (primary N) is 1. The summed E-state index contributed by atoms with van der Waals surface area (Å²) in [5.41, 5.74) is 15.9. The number of amides is 1. The fraction of sp³-hybridized carbons (Fsp3) is 0.795. The molecule has 0 atom stereocenters. The molecule has 0 aromatic carbocycles. The molecule has 1 fully saturated rings. The molecule has 1 aliphatic carbocycles. The molecule has 3 N–H and O–H groups in total. The second-order valence-corrected chi connectivity index (χ2v) is 14.0. The summed E-state index contributed by atoms with van der Waals surface area (Å²) in [6, 6.07) is 0. The highest BCUT2D eigenvalue weighted by Crippen LogP contribution is 2.34. The third-order valence-electron chi connectivity index (χ3n) is 9.11. The van der Waals surface area contributed by atoms with E-state index in [2.05, 4.69) is 37.0 Å². The molecule has 0 bridgehead atoms. The molecule has 0 saturated heterocycles. The van der Waals surface area contributed by atoms with Gasteiger partial charge in [0.2, 0.25) is 5.91 Å². The van der Waals surface area contributed by atoms with Crippen LogP contribution in [0.3, 0.4) is 0 Å². The number of anilines is 1. The van der Waals surface area contributed by atoms with Crippen LogP contribution >= 0.6 is 0 Å². The normalized spacial score (nSPS) is 15.7. The van der Waals surface area contributed by atoms with Crippen molar-refractivity contribution in [2.75, 3.05) is 118 Å². The topological polar surface area (TPSA) is 231 Å². The number of ether oxygens (including phenoxy) is 9. The molecule has 0 unspecified atom stereocenters. The fourth-order valence-corrected chi connectivity index (χ4v) is 6.15. The van der Waals surface area contributed by atoms with E-state index in [1.54, 1.807) is 0 Å². The third kappa shape index (κ3) is 20.7. The molecule has 58 heavy (non-hydrogen) atoms. The van der Waals surface area contributed by atoms with Gasteiger partial charge in [0.1, 0.15) is 23.5 Å². The summed E-state index contributed by atoms with van der Waals surface area (Å²) in [6.45, 7) is 14.6. The molecule has 2 aromatic heterocycles. The van der Waals surface area contributed by atoms with Crippen LogP contribution in [0.25, 0.3) is 21.5 Å². The van der Waals surface area contributed by atoms with Crippen LogP contribution < -0.4 is 15.8 Å². The molecule has 328 valence electrons. The van der Waals surface area contributed by atoms with Gasteiger partial charge in [-0.15, -0.1) is 10.2 Å². The van der Waals surface area contributed by atoms with E-state index in [1.165, 1.54) is 12.3 Å². The van der Waals surface area contributed by atoms with Gasteiger partial charge in [-0.3, -0.25) is 4.79 Å². The second kappa shape index (κ2) is 31.2. The number of nitrogens with zero attached hydrogens (tertiary/aromatic N) is 7. The molecular formula is C39H67N9O10. The lowest BCUT2D eigenvalue weighted by Crippen LogP contribution is -2.31. The van der Waals surface area contributed by atoms with Crippen molar-refractivity contribution in [3.63, 3.8) is 0 Å². The van der Waals surface area contributed by atoms with E-state index in [9.17, 15) is 4.79 Å². The Labute approximate surface area is 342 Å². The van der Waals surface area contributed by atoms with Gasteiger partial charge >= 0.3 is 0 Å². The molecule has 2 aromatic rings. The van der Waals surface area contributed by atoms with Gasteiger partial charge in [-0.2, -0.15) is 0 Å². The standard InChI is InChI=1S/C39H67N9O10/c1-4-5-6-34-44-36-37(39(58-31(2)3)46-45-38(36)40)48(34)30-33-9-7-32(8-10-33)29-42-35(49)11-13-50-15-17-52-19-21-54-23-25-56-27-28-57-26-24-55-22-20-53-18-16-51-14-12-43-47-41/h11,13,31-33H,4-10,12,14-30H2,1-3H3,(H2,40,45)(H,42,49)/t32-,33-. The van der Waals surface area contributed by atoms with Crippen molar-refractivity contribution < 1.29 is 47.4 Å². The molecule has 3 rings (SSSR count). The van der Waals surface area contributed by atoms with E-state index in [0.717, 1.165) is 62.8 Å². The van der Waals surface area contributed by atoms with Gasteiger partial charge in [-0.05, 0) is 63.3 Å². The number of nitrogen functional groups attached to an aromatic ring is 1. The van der Waals surface area contributed by atoms with Gasteiger partial charge < -0.3 is 58.2 Å². The zero-order chi connectivity index (χ0) is 41.5. The predicted molar refractivity (Wildman–Crippen MR) is 217 cm³/mol. The molecular weight excluding hydrogens is 754 g/mol. The Balaban J connectivity index is 1.12. The number of rotatable bonds is 35. The maximum atomic E-state index is 12.4. The number of nitrogens with one attached hydrogen (secondary N) is 1. The van der Waals surface area contributed by atoms with Gasteiger partial charge in [0.15, 0.2) is 5.82 Å². The number of unbranched alkanes of at least 4 members (excludes halogenated alkanes) is 1. The van der Waals surface area contributed by atoms with Crippen molar-refractivity contribution in [3.8, 4) is 5.88 Å². The Morgan fingerprint density at radius 2 is 1.38 bits per heavy atom. The second-order valence-electron chi connectivity index (χ2n) is 14.0. The third-order valence-corrected chi connectivity index (χ3v) is 9.11. The molecule has 0 aliphatic heterocycles. The number of carbonyl (C=O) groups is 1. The lowest BCUT2D eigenvalue weighted by molar-refractivity contribution is -0.116. The van der Waals surface area contributed by atoms with E-state index in [4.69, 9.17) is 58.9 Å². The van der Waals surface area contributed by atoms with E-state index in [-0.39, 0.29) is 12.0 Å². The number of aromatic nitrogens is 4. The summed E-state index contributed by atoms with van der Waals surface area (Å²) in [5.74, 6) is 2.57. The highest BCUT2D eigenvalue weighted by Gasteiger charge is 2.26. The van der Waals surface area contributed by atoms with Crippen LogP contribution in [0.4, 0.5) is 5.82 Å². The number of hydrogen-bond acceptors (Lipinski definition) is 15. The maximum absolute atomic E-state index is 12.4. The van der Waals surface area contributed by atoms with Crippen LogP contribution in [0.5, 0.6) is 5.88 Å². The summed E-state index contributed by atoms with van der Waals surface area (Å²) in [4.78, 5) is 19.9. The minimum absolute atomic E-state index is 0.0447. The van der Waals surface area contributed by atoms with Crippen LogP contribution in [0.1, 0.15) is 65.1 Å². The molecule has 0 spiro atoms. The molecule has 19 nitrogen and oxygen atoms in total. The van der Waals surface area contributed by atoms with Crippen molar-refractivity contribution in [1.29, 1.82) is 0 Å². The Hall–Kier alpha value is -3.81. The molecule has 1 saturated carbocycles. The zero-order valence-corrected chi connectivity index (χ0v) is 34.9. The molecule has 1 aliphatic rings. The van der Waals surface area contributed by atoms with E-state index in [1.807, 2.05) is 13.8 Å². The van der Waals surface area contributed by atoms with Crippen LogP contribution in [-0.4, -0.2) is 144 Å². The average molecular weight is 822 g/mol. The van der Waals surface area contributed by atoms with E-state index >= 15 is 0 Å². The lowest BCUT2D eigenvalue weighted by atomic mass is 9.82. The first kappa shape index (κ1) is 48.6. The number of azide groups is 1. The number of aryl methyl sites for hydroxylation is 1. The highest BCUT2D eigenvalue weighted by molar-refractivity contribution is 5.88. The molecule has 1 amide bonds. The van der Waals surface area contributed by atoms with Crippen LogP contribution in [0.2, 0.25) is 0 Å². The smallest absolute Gasteiger partial charge is 0.260 e. The van der Waals surface area contributed by atoms with E-state index in [0.29, 0.717) is 141 Å². The van der Waals surface area contributed by atoms with Gasteiger partial charge in [0.25, 0.3) is 5.88 Å². The summed E-state index contributed by atoms with van der Waals surface area (Å²) >= 11 is 0. The van der Waals surface area contributed by atoms with Crippen molar-refractivity contribution in [2.45, 2.75) is 78.4 Å². The van der Waals surface area contributed by atoms with Crippen LogP contribution in [0, 0.1) is 11.8 Å². The predicted octanol–water partition coefficient (Wildman–Crippen LogP) is 4.42. The zero-order valence-electron chi connectivity index (χ0n) is 34.9. The van der Waals surface area contributed by atoms with Crippen LogP contribution in [-0.2, 0) is 55.7 Å². The van der Waals surface area contributed by atoms with Crippen molar-refractivity contribution in [2.24, 2.45) is 17.0 Å². The Morgan fingerprint density at radius 1 is 0.845 bits per heavy atom. The lowest BCUT2D eigenvalue weighted by Gasteiger charge is -2.29. The average Bonchev–Trinajstić information content (AvgIpc) is 3.59. The monoisotopic (exact) mass is 822 g/mol.